The first kappa shape index (κ1) is 19.3. The van der Waals surface area contributed by atoms with Gasteiger partial charge in [0.25, 0.3) is 0 Å². The third kappa shape index (κ3) is 3.61. The molecule has 0 radical (unpaired) electrons. The smallest absolute Gasteiger partial charge is 0.149 e. The van der Waals surface area contributed by atoms with Gasteiger partial charge in [-0.2, -0.15) is 10.2 Å². The van der Waals surface area contributed by atoms with E-state index in [0.717, 1.165) is 39.7 Å². The Kier molecular flexibility index (Phi) is 4.81. The number of nitrogens with zero attached hydrogens (tertiary/aromatic N) is 5. The predicted molar refractivity (Wildman–Crippen MR) is 128 cm³/mol. The Morgan fingerprint density at radius 3 is 2.30 bits per heavy atom. The van der Waals surface area contributed by atoms with Crippen LogP contribution in [0.5, 0.6) is 0 Å². The number of hydrazone groups is 1. The number of furan rings is 1. The standard InChI is InChI=1S/C27H21N5O/c1-3-10-21(11-4-1)31-19-23(27(30-31)20-9-7-15-28-18-20)25-17-24(26-14-8-16-33-26)29-32(25)22-12-5-2-6-13-22/h1-16,18-19,25H,17H2/t25-/m1/s1. The lowest BCUT2D eigenvalue weighted by molar-refractivity contribution is 0.556. The molecule has 1 atom stereocenters. The van der Waals surface area contributed by atoms with E-state index in [2.05, 4.69) is 40.5 Å². The van der Waals surface area contributed by atoms with Crippen LogP contribution in [0.15, 0.2) is 119 Å². The molecule has 6 heteroatoms. The minimum absolute atomic E-state index is 0.0415. The van der Waals surface area contributed by atoms with Crippen LogP contribution in [0.2, 0.25) is 0 Å². The van der Waals surface area contributed by atoms with E-state index in [9.17, 15) is 0 Å². The fourth-order valence-electron chi connectivity index (χ4n) is 4.23. The van der Waals surface area contributed by atoms with Gasteiger partial charge < -0.3 is 4.42 Å². The summed E-state index contributed by atoms with van der Waals surface area (Å²) in [5.74, 6) is 0.789. The molecule has 6 nitrogen and oxygen atoms in total. The molecule has 0 amide bonds. The lowest BCUT2D eigenvalue weighted by Crippen LogP contribution is -2.18. The van der Waals surface area contributed by atoms with Crippen LogP contribution < -0.4 is 5.01 Å². The zero-order valence-electron chi connectivity index (χ0n) is 17.8. The number of hydrogen-bond acceptors (Lipinski definition) is 5. The SMILES string of the molecule is c1ccc(N2N=C(c3ccco3)C[C@@H]2c2cn(-c3ccccc3)nc2-c2cccnc2)cc1. The molecule has 6 rings (SSSR count). The fraction of sp³-hybridized carbons (Fsp3) is 0.0741. The highest BCUT2D eigenvalue weighted by Gasteiger charge is 2.34. The maximum atomic E-state index is 5.69. The number of anilines is 1. The summed E-state index contributed by atoms with van der Waals surface area (Å²) in [7, 11) is 0. The van der Waals surface area contributed by atoms with Gasteiger partial charge in [-0.25, -0.2) is 4.68 Å². The monoisotopic (exact) mass is 431 g/mol. The van der Waals surface area contributed by atoms with Crippen molar-refractivity contribution in [1.29, 1.82) is 0 Å². The van der Waals surface area contributed by atoms with Gasteiger partial charge in [-0.05, 0) is 48.5 Å². The van der Waals surface area contributed by atoms with Crippen molar-refractivity contribution < 1.29 is 4.42 Å². The minimum atomic E-state index is -0.0415. The van der Waals surface area contributed by atoms with Crippen molar-refractivity contribution in [2.45, 2.75) is 12.5 Å². The van der Waals surface area contributed by atoms with Gasteiger partial charge in [0, 0.05) is 36.1 Å². The number of rotatable bonds is 5. The fourth-order valence-corrected chi connectivity index (χ4v) is 4.23. The van der Waals surface area contributed by atoms with E-state index in [4.69, 9.17) is 14.6 Å². The number of pyridine rings is 1. The zero-order valence-corrected chi connectivity index (χ0v) is 17.8. The largest absolute Gasteiger partial charge is 0.463 e. The summed E-state index contributed by atoms with van der Waals surface area (Å²) in [4.78, 5) is 4.34. The molecule has 5 aromatic rings. The quantitative estimate of drug-likeness (QED) is 0.348. The van der Waals surface area contributed by atoms with Crippen LogP contribution in [0, 0.1) is 0 Å². The zero-order chi connectivity index (χ0) is 22.0. The molecule has 0 N–H and O–H groups in total. The molecular formula is C27H21N5O. The lowest BCUT2D eigenvalue weighted by Gasteiger charge is -2.23. The maximum Gasteiger partial charge on any atom is 0.149 e. The van der Waals surface area contributed by atoms with E-state index in [1.165, 1.54) is 0 Å². The molecule has 0 saturated heterocycles. The van der Waals surface area contributed by atoms with Gasteiger partial charge in [0.1, 0.15) is 11.5 Å². The topological polar surface area (TPSA) is 59.5 Å². The van der Waals surface area contributed by atoms with E-state index in [-0.39, 0.29) is 6.04 Å². The van der Waals surface area contributed by atoms with Crippen molar-refractivity contribution in [3.63, 3.8) is 0 Å². The van der Waals surface area contributed by atoms with Gasteiger partial charge in [0.2, 0.25) is 0 Å². The van der Waals surface area contributed by atoms with Crippen LogP contribution in [0.1, 0.15) is 23.8 Å². The molecule has 0 spiro atoms. The second-order valence-electron chi connectivity index (χ2n) is 7.88. The van der Waals surface area contributed by atoms with Gasteiger partial charge in [-0.3, -0.25) is 9.99 Å². The van der Waals surface area contributed by atoms with E-state index >= 15 is 0 Å². The third-order valence-corrected chi connectivity index (χ3v) is 5.79. The summed E-state index contributed by atoms with van der Waals surface area (Å²) < 4.78 is 7.62. The lowest BCUT2D eigenvalue weighted by atomic mass is 9.98. The molecular weight excluding hydrogens is 410 g/mol. The van der Waals surface area contributed by atoms with E-state index in [1.807, 2.05) is 71.5 Å². The van der Waals surface area contributed by atoms with E-state index in [0.29, 0.717) is 6.42 Å². The van der Waals surface area contributed by atoms with Crippen LogP contribution in [0.25, 0.3) is 16.9 Å². The molecule has 0 unspecified atom stereocenters. The van der Waals surface area contributed by atoms with Crippen LogP contribution in [-0.2, 0) is 0 Å². The van der Waals surface area contributed by atoms with Crippen LogP contribution in [-0.4, -0.2) is 20.5 Å². The molecule has 0 aliphatic carbocycles. The Balaban J connectivity index is 1.50. The molecule has 4 heterocycles. The van der Waals surface area contributed by atoms with Crippen molar-refractivity contribution in [1.82, 2.24) is 14.8 Å². The highest BCUT2D eigenvalue weighted by atomic mass is 16.3. The van der Waals surface area contributed by atoms with Gasteiger partial charge >= 0.3 is 0 Å². The van der Waals surface area contributed by atoms with Crippen LogP contribution in [0.3, 0.4) is 0 Å². The molecule has 0 saturated carbocycles. The molecule has 33 heavy (non-hydrogen) atoms. The predicted octanol–water partition coefficient (Wildman–Crippen LogP) is 5.88. The maximum absolute atomic E-state index is 5.69. The Morgan fingerprint density at radius 2 is 1.61 bits per heavy atom. The Labute approximate surface area is 191 Å². The Morgan fingerprint density at radius 1 is 0.818 bits per heavy atom. The van der Waals surface area contributed by atoms with Gasteiger partial charge in [-0.15, -0.1) is 0 Å². The van der Waals surface area contributed by atoms with Crippen molar-refractivity contribution in [3.05, 3.63) is 121 Å². The molecule has 1 aliphatic heterocycles. The van der Waals surface area contributed by atoms with Crippen LogP contribution >= 0.6 is 0 Å². The third-order valence-electron chi connectivity index (χ3n) is 5.79. The first-order chi connectivity index (χ1) is 16.4. The first-order valence-electron chi connectivity index (χ1n) is 10.9. The average molecular weight is 431 g/mol. The van der Waals surface area contributed by atoms with Crippen molar-refractivity contribution in [3.8, 4) is 16.9 Å². The molecule has 0 bridgehead atoms. The highest BCUT2D eigenvalue weighted by Crippen LogP contribution is 2.40. The van der Waals surface area contributed by atoms with E-state index in [1.54, 1.807) is 12.5 Å². The average Bonchev–Trinajstić information content (AvgIpc) is 3.65. The summed E-state index contributed by atoms with van der Waals surface area (Å²) in [5, 5.41) is 12.0. The number of para-hydroxylation sites is 2. The summed E-state index contributed by atoms with van der Waals surface area (Å²) >= 11 is 0. The summed E-state index contributed by atoms with van der Waals surface area (Å²) in [6, 6.07) is 28.2. The normalized spacial score (nSPS) is 15.6. The second kappa shape index (κ2) is 8.24. The Bertz CT molecular complexity index is 1380. The molecule has 0 fully saturated rings. The Hall–Kier alpha value is -4.45. The minimum Gasteiger partial charge on any atom is -0.463 e. The first-order valence-corrected chi connectivity index (χ1v) is 10.9. The van der Waals surface area contributed by atoms with Crippen LogP contribution in [0.4, 0.5) is 5.69 Å². The summed E-state index contributed by atoms with van der Waals surface area (Å²) in [6.45, 7) is 0. The highest BCUT2D eigenvalue weighted by molar-refractivity contribution is 6.01. The molecule has 2 aromatic carbocycles. The van der Waals surface area contributed by atoms with Crippen molar-refractivity contribution in [2.75, 3.05) is 5.01 Å². The van der Waals surface area contributed by atoms with E-state index < -0.39 is 0 Å². The number of hydrogen-bond donors (Lipinski definition) is 0. The number of aromatic nitrogens is 3. The molecule has 160 valence electrons. The summed E-state index contributed by atoms with van der Waals surface area (Å²) in [6.07, 6.45) is 8.14. The van der Waals surface area contributed by atoms with Crippen molar-refractivity contribution in [2.24, 2.45) is 5.10 Å². The number of benzene rings is 2. The summed E-state index contributed by atoms with van der Waals surface area (Å²) in [5.41, 5.74) is 5.90. The van der Waals surface area contributed by atoms with Gasteiger partial charge in [0.15, 0.2) is 0 Å². The van der Waals surface area contributed by atoms with Gasteiger partial charge in [-0.1, -0.05) is 36.4 Å². The van der Waals surface area contributed by atoms with Gasteiger partial charge in [0.05, 0.1) is 29.4 Å². The molecule has 1 aliphatic rings. The second-order valence-corrected chi connectivity index (χ2v) is 7.88. The van der Waals surface area contributed by atoms with Crippen molar-refractivity contribution >= 4 is 11.4 Å². The molecule has 3 aromatic heterocycles.